The summed E-state index contributed by atoms with van der Waals surface area (Å²) in [6.07, 6.45) is 0.580. The van der Waals surface area contributed by atoms with Crippen molar-refractivity contribution in [1.29, 1.82) is 0 Å². The summed E-state index contributed by atoms with van der Waals surface area (Å²) in [4.78, 5) is 11.9. The van der Waals surface area contributed by atoms with Crippen molar-refractivity contribution in [3.05, 3.63) is 29.8 Å². The van der Waals surface area contributed by atoms with E-state index < -0.39 is 17.1 Å². The minimum Gasteiger partial charge on any atom is -0.481 e. The first-order valence-electron chi connectivity index (χ1n) is 5.58. The Labute approximate surface area is 108 Å². The van der Waals surface area contributed by atoms with Gasteiger partial charge in [0.2, 0.25) is 0 Å². The lowest BCUT2D eigenvalue weighted by Crippen LogP contribution is -2.25. The minimum atomic E-state index is -2.46. The van der Waals surface area contributed by atoms with Crippen molar-refractivity contribution >= 4 is 17.7 Å². The summed E-state index contributed by atoms with van der Waals surface area (Å²) in [7, 11) is 0. The number of rotatable bonds is 4. The molecule has 1 fully saturated rings. The van der Waals surface area contributed by atoms with Gasteiger partial charge >= 0.3 is 5.97 Å². The molecule has 1 atom stereocenters. The maximum Gasteiger partial charge on any atom is 0.314 e. The highest BCUT2D eigenvalue weighted by Crippen LogP contribution is 2.64. The number of benzene rings is 1. The van der Waals surface area contributed by atoms with Gasteiger partial charge < -0.3 is 5.11 Å². The second-order valence-corrected chi connectivity index (χ2v) is 6.24. The Morgan fingerprint density at radius 2 is 1.83 bits per heavy atom. The van der Waals surface area contributed by atoms with Crippen LogP contribution in [0.3, 0.4) is 0 Å². The predicted molar refractivity (Wildman–Crippen MR) is 66.0 cm³/mol. The molecule has 2 nitrogen and oxygen atoms in total. The molecule has 1 aliphatic carbocycles. The molecule has 0 aromatic heterocycles. The molecule has 0 aliphatic heterocycles. The topological polar surface area (TPSA) is 37.3 Å². The van der Waals surface area contributed by atoms with Gasteiger partial charge in [0.05, 0.1) is 5.41 Å². The summed E-state index contributed by atoms with van der Waals surface area (Å²) >= 11 is 0.466. The van der Waals surface area contributed by atoms with E-state index in [1.165, 1.54) is 0 Å². The quantitative estimate of drug-likeness (QED) is 0.848. The Hall–Kier alpha value is -1.10. The van der Waals surface area contributed by atoms with Crippen LogP contribution in [0.25, 0.3) is 0 Å². The van der Waals surface area contributed by atoms with Crippen LogP contribution in [0.5, 0.6) is 0 Å². The molecule has 1 saturated carbocycles. The average Bonchev–Trinajstić information content (AvgIpc) is 2.83. The summed E-state index contributed by atoms with van der Waals surface area (Å²) in [6, 6.07) is 6.41. The lowest BCUT2D eigenvalue weighted by atomic mass is 9.88. The van der Waals surface area contributed by atoms with E-state index in [1.54, 1.807) is 24.3 Å². The number of hydrogen-bond acceptors (Lipinski definition) is 2. The molecular weight excluding hydrogens is 258 g/mol. The number of thioether (sulfide) groups is 1. The van der Waals surface area contributed by atoms with Gasteiger partial charge in [0.1, 0.15) is 0 Å². The van der Waals surface area contributed by atoms with Gasteiger partial charge in [-0.1, -0.05) is 37.7 Å². The third-order valence-electron chi connectivity index (χ3n) is 3.67. The molecule has 5 heteroatoms. The largest absolute Gasteiger partial charge is 0.481 e. The summed E-state index contributed by atoms with van der Waals surface area (Å²) in [5.41, 5.74) is -0.448. The first-order valence-corrected chi connectivity index (χ1v) is 6.46. The lowest BCUT2D eigenvalue weighted by Gasteiger charge is -2.16. The smallest absolute Gasteiger partial charge is 0.314 e. The van der Waals surface area contributed by atoms with Crippen LogP contribution in [0, 0.1) is 5.41 Å². The second kappa shape index (κ2) is 4.23. The highest BCUT2D eigenvalue weighted by Gasteiger charge is 2.67. The number of carboxylic acids is 1. The number of carboxylic acid groups (broad SMARTS) is 1. The molecule has 0 radical (unpaired) electrons. The third-order valence-corrected chi connectivity index (χ3v) is 4.40. The van der Waals surface area contributed by atoms with Crippen molar-refractivity contribution in [1.82, 2.24) is 0 Å². The van der Waals surface area contributed by atoms with E-state index >= 15 is 0 Å². The average molecular weight is 272 g/mol. The Balaban J connectivity index is 2.27. The van der Waals surface area contributed by atoms with Gasteiger partial charge in [-0.3, -0.25) is 4.79 Å². The van der Waals surface area contributed by atoms with E-state index in [1.807, 2.05) is 13.8 Å². The van der Waals surface area contributed by atoms with Gasteiger partial charge in [0.25, 0.3) is 5.76 Å². The van der Waals surface area contributed by atoms with Crippen molar-refractivity contribution in [3.63, 3.8) is 0 Å². The third kappa shape index (κ3) is 2.00. The van der Waals surface area contributed by atoms with Crippen LogP contribution < -0.4 is 0 Å². The first-order chi connectivity index (χ1) is 8.29. The fourth-order valence-corrected chi connectivity index (χ4v) is 3.02. The zero-order valence-electron chi connectivity index (χ0n) is 10.1. The Kier molecular flexibility index (Phi) is 3.13. The minimum absolute atomic E-state index is 0.282. The highest BCUT2D eigenvalue weighted by molar-refractivity contribution is 7.99. The van der Waals surface area contributed by atoms with Gasteiger partial charge in [-0.05, 0) is 29.5 Å². The van der Waals surface area contributed by atoms with E-state index in [-0.39, 0.29) is 5.41 Å². The lowest BCUT2D eigenvalue weighted by molar-refractivity contribution is -0.141. The second-order valence-electron chi connectivity index (χ2n) is 5.17. The molecule has 2 rings (SSSR count). The fourth-order valence-electron chi connectivity index (χ4n) is 2.52. The SMILES string of the molecule is CC1(C)CC1(C(=O)O)c1ccc(SC(F)F)cc1. The molecule has 1 aromatic rings. The molecule has 1 N–H and O–H groups in total. The number of carbonyl (C=O) groups is 1. The molecule has 1 aromatic carbocycles. The van der Waals surface area contributed by atoms with Gasteiger partial charge in [-0.15, -0.1) is 0 Å². The van der Waals surface area contributed by atoms with Gasteiger partial charge in [0.15, 0.2) is 0 Å². The molecule has 0 spiro atoms. The monoisotopic (exact) mass is 272 g/mol. The number of halogens is 2. The zero-order valence-corrected chi connectivity index (χ0v) is 10.9. The molecule has 0 bridgehead atoms. The highest BCUT2D eigenvalue weighted by atomic mass is 32.2. The molecule has 0 amide bonds. The number of alkyl halides is 2. The van der Waals surface area contributed by atoms with Crippen LogP contribution >= 0.6 is 11.8 Å². The van der Waals surface area contributed by atoms with Gasteiger partial charge in [0, 0.05) is 4.90 Å². The molecule has 0 heterocycles. The van der Waals surface area contributed by atoms with Gasteiger partial charge in [-0.2, -0.15) is 8.78 Å². The molecule has 1 aliphatic rings. The Morgan fingerprint density at radius 3 is 2.17 bits per heavy atom. The van der Waals surface area contributed by atoms with Crippen molar-refractivity contribution in [2.75, 3.05) is 0 Å². The predicted octanol–water partition coefficient (Wildman–Crippen LogP) is 3.75. The van der Waals surface area contributed by atoms with Gasteiger partial charge in [-0.25, -0.2) is 0 Å². The zero-order chi connectivity index (χ0) is 13.6. The van der Waals surface area contributed by atoms with E-state index in [0.717, 1.165) is 0 Å². The summed E-state index contributed by atoms with van der Waals surface area (Å²) in [5, 5.41) is 9.38. The van der Waals surface area contributed by atoms with Crippen LogP contribution in [-0.4, -0.2) is 16.8 Å². The van der Waals surface area contributed by atoms with Crippen molar-refractivity contribution in [2.45, 2.75) is 36.3 Å². The molecule has 18 heavy (non-hydrogen) atoms. The summed E-state index contributed by atoms with van der Waals surface area (Å²) < 4.78 is 24.4. The van der Waals surface area contributed by atoms with Crippen molar-refractivity contribution < 1.29 is 18.7 Å². The van der Waals surface area contributed by atoms with Crippen LogP contribution in [0.2, 0.25) is 0 Å². The van der Waals surface area contributed by atoms with E-state index in [9.17, 15) is 18.7 Å². The fraction of sp³-hybridized carbons (Fsp3) is 0.462. The van der Waals surface area contributed by atoms with E-state index in [4.69, 9.17) is 0 Å². The van der Waals surface area contributed by atoms with E-state index in [2.05, 4.69) is 0 Å². The molecule has 1 unspecified atom stereocenters. The molecular formula is C13H14F2O2S. The van der Waals surface area contributed by atoms with Crippen LogP contribution in [0.15, 0.2) is 29.2 Å². The summed E-state index contributed by atoms with van der Waals surface area (Å²) in [5.74, 6) is -3.30. The first kappa shape index (κ1) is 13.3. The van der Waals surface area contributed by atoms with E-state index in [0.29, 0.717) is 28.6 Å². The van der Waals surface area contributed by atoms with Crippen LogP contribution in [-0.2, 0) is 10.2 Å². The number of hydrogen-bond donors (Lipinski definition) is 1. The standard InChI is InChI=1S/C13H14F2O2S/c1-12(2)7-13(12,10(16)17)8-3-5-9(6-4-8)18-11(14)15/h3-6,11H,7H2,1-2H3,(H,16,17). The maximum atomic E-state index is 12.2. The summed E-state index contributed by atoms with van der Waals surface area (Å²) in [6.45, 7) is 3.81. The molecule has 0 saturated heterocycles. The maximum absolute atomic E-state index is 12.2. The van der Waals surface area contributed by atoms with Crippen LogP contribution in [0.1, 0.15) is 25.8 Å². The van der Waals surface area contributed by atoms with Crippen LogP contribution in [0.4, 0.5) is 8.78 Å². The van der Waals surface area contributed by atoms with Crippen molar-refractivity contribution in [2.24, 2.45) is 5.41 Å². The normalized spacial score (nSPS) is 25.2. The Bertz CT molecular complexity index is 470. The number of aliphatic carboxylic acids is 1. The Morgan fingerprint density at radius 1 is 1.33 bits per heavy atom. The molecule has 98 valence electrons. The van der Waals surface area contributed by atoms with Crippen molar-refractivity contribution in [3.8, 4) is 0 Å².